The standard InChI is InChI=1S/C27H31N5O6S.2ClH/c1-4-37-24(33)17-38-23-15-20(12-13-22(23)36-3)31-26-25-19(9-8-14-28-2)16-32(27(25)30-18-29-26)39(34,35)21-10-6-5-7-11-21;;/h5-7,10-13,15-16,18,28H,4,8-9,14,17H2,1-3H3,(H,29,30,31);2*1H. The van der Waals surface area contributed by atoms with Gasteiger partial charge in [-0.1, -0.05) is 18.2 Å². The number of methoxy groups -OCH3 is 1. The summed E-state index contributed by atoms with van der Waals surface area (Å²) in [6, 6.07) is 13.4. The zero-order chi connectivity index (χ0) is 27.8. The first kappa shape index (κ1) is 33.6. The third kappa shape index (κ3) is 7.79. The van der Waals surface area contributed by atoms with E-state index in [4.69, 9.17) is 14.2 Å². The molecule has 4 rings (SSSR count). The van der Waals surface area contributed by atoms with Gasteiger partial charge in [-0.3, -0.25) is 0 Å². The molecule has 0 aliphatic heterocycles. The summed E-state index contributed by atoms with van der Waals surface area (Å²) in [5.74, 6) is 0.704. The molecule has 0 aliphatic carbocycles. The highest BCUT2D eigenvalue weighted by Crippen LogP contribution is 2.34. The van der Waals surface area contributed by atoms with Crippen LogP contribution in [0.2, 0.25) is 0 Å². The highest BCUT2D eigenvalue weighted by molar-refractivity contribution is 7.90. The van der Waals surface area contributed by atoms with Gasteiger partial charge >= 0.3 is 5.97 Å². The Kier molecular flexibility index (Phi) is 12.7. The number of carbonyl (C=O) groups is 1. The van der Waals surface area contributed by atoms with E-state index < -0.39 is 16.0 Å². The van der Waals surface area contributed by atoms with Crippen molar-refractivity contribution in [1.29, 1.82) is 0 Å². The van der Waals surface area contributed by atoms with Gasteiger partial charge in [0.1, 0.15) is 12.1 Å². The van der Waals surface area contributed by atoms with Gasteiger partial charge in [0.25, 0.3) is 10.0 Å². The zero-order valence-corrected chi connectivity index (χ0v) is 25.3. The molecule has 4 aromatic rings. The van der Waals surface area contributed by atoms with Crippen molar-refractivity contribution in [2.24, 2.45) is 0 Å². The van der Waals surface area contributed by atoms with Crippen molar-refractivity contribution < 1.29 is 27.4 Å². The fourth-order valence-corrected chi connectivity index (χ4v) is 5.44. The molecule has 0 saturated carbocycles. The molecular weight excluding hydrogens is 593 g/mol. The van der Waals surface area contributed by atoms with Crippen LogP contribution in [0.5, 0.6) is 11.5 Å². The zero-order valence-electron chi connectivity index (χ0n) is 22.8. The Balaban J connectivity index is 0.00000294. The van der Waals surface area contributed by atoms with Gasteiger partial charge in [-0.2, -0.15) is 0 Å². The number of anilines is 2. The molecule has 0 bridgehead atoms. The monoisotopic (exact) mass is 625 g/mol. The lowest BCUT2D eigenvalue weighted by atomic mass is 10.1. The fraction of sp³-hybridized carbons (Fsp3) is 0.296. The summed E-state index contributed by atoms with van der Waals surface area (Å²) in [6.45, 7) is 2.45. The van der Waals surface area contributed by atoms with Crippen molar-refractivity contribution in [3.8, 4) is 11.5 Å². The second-order valence-corrected chi connectivity index (χ2v) is 10.3. The topological polar surface area (TPSA) is 134 Å². The average Bonchev–Trinajstić information content (AvgIpc) is 3.33. The van der Waals surface area contributed by atoms with Crippen LogP contribution in [-0.2, 0) is 26.0 Å². The molecule has 0 saturated heterocycles. The van der Waals surface area contributed by atoms with E-state index in [-0.39, 0.29) is 48.6 Å². The molecule has 0 amide bonds. The number of benzene rings is 2. The molecule has 11 nitrogen and oxygen atoms in total. The van der Waals surface area contributed by atoms with Gasteiger partial charge in [0, 0.05) is 18.0 Å². The van der Waals surface area contributed by atoms with E-state index in [1.165, 1.54) is 17.4 Å². The van der Waals surface area contributed by atoms with Crippen molar-refractivity contribution in [2.45, 2.75) is 24.7 Å². The van der Waals surface area contributed by atoms with E-state index in [0.29, 0.717) is 34.8 Å². The fourth-order valence-electron chi connectivity index (χ4n) is 4.08. The van der Waals surface area contributed by atoms with Crippen LogP contribution in [0.4, 0.5) is 11.5 Å². The number of aromatic nitrogens is 3. The number of aryl methyl sites for hydroxylation is 1. The second kappa shape index (κ2) is 15.4. The second-order valence-electron chi connectivity index (χ2n) is 8.48. The minimum absolute atomic E-state index is 0. The predicted octanol–water partition coefficient (Wildman–Crippen LogP) is 4.36. The normalized spacial score (nSPS) is 10.8. The van der Waals surface area contributed by atoms with E-state index in [2.05, 4.69) is 20.6 Å². The minimum atomic E-state index is -3.90. The van der Waals surface area contributed by atoms with Gasteiger partial charge in [-0.25, -0.2) is 27.2 Å². The number of hydrogen-bond donors (Lipinski definition) is 2. The number of hydrogen-bond acceptors (Lipinski definition) is 10. The summed E-state index contributed by atoms with van der Waals surface area (Å²) in [4.78, 5) is 20.7. The Bertz CT molecular complexity index is 1550. The van der Waals surface area contributed by atoms with Crippen LogP contribution in [0.1, 0.15) is 18.9 Å². The minimum Gasteiger partial charge on any atom is -0.493 e. The Morgan fingerprint density at radius 3 is 2.49 bits per heavy atom. The van der Waals surface area contributed by atoms with Crippen LogP contribution in [0, 0.1) is 0 Å². The molecule has 0 spiro atoms. The number of esters is 1. The van der Waals surface area contributed by atoms with E-state index in [1.54, 1.807) is 61.7 Å². The Labute approximate surface area is 251 Å². The van der Waals surface area contributed by atoms with Crippen molar-refractivity contribution in [3.05, 3.63) is 66.6 Å². The molecule has 0 unspecified atom stereocenters. The first-order chi connectivity index (χ1) is 18.9. The number of nitrogens with one attached hydrogen (secondary N) is 2. The lowest BCUT2D eigenvalue weighted by Gasteiger charge is -2.13. The van der Waals surface area contributed by atoms with Gasteiger partial charge < -0.3 is 24.8 Å². The molecule has 41 heavy (non-hydrogen) atoms. The molecule has 0 aliphatic rings. The van der Waals surface area contributed by atoms with Gasteiger partial charge in [0.2, 0.25) is 0 Å². The Morgan fingerprint density at radius 1 is 1.05 bits per heavy atom. The van der Waals surface area contributed by atoms with Crippen molar-refractivity contribution in [1.82, 2.24) is 19.3 Å². The Hall–Kier alpha value is -3.58. The van der Waals surface area contributed by atoms with Crippen LogP contribution < -0.4 is 20.1 Å². The molecule has 2 N–H and O–H groups in total. The molecule has 222 valence electrons. The summed E-state index contributed by atoms with van der Waals surface area (Å²) in [5.41, 5.74) is 1.65. The number of ether oxygens (including phenoxy) is 3. The van der Waals surface area contributed by atoms with Crippen LogP contribution >= 0.6 is 24.8 Å². The predicted molar refractivity (Wildman–Crippen MR) is 162 cm³/mol. The molecule has 0 radical (unpaired) electrons. The lowest BCUT2D eigenvalue weighted by molar-refractivity contribution is -0.145. The van der Waals surface area contributed by atoms with E-state index in [1.807, 2.05) is 7.05 Å². The van der Waals surface area contributed by atoms with Gasteiger partial charge in [0.15, 0.2) is 23.8 Å². The smallest absolute Gasteiger partial charge is 0.344 e. The third-order valence-corrected chi connectivity index (χ3v) is 7.54. The van der Waals surface area contributed by atoms with E-state index in [0.717, 1.165) is 18.5 Å². The first-order valence-corrected chi connectivity index (χ1v) is 13.9. The largest absolute Gasteiger partial charge is 0.493 e. The van der Waals surface area contributed by atoms with Crippen LogP contribution in [0.25, 0.3) is 11.0 Å². The summed E-state index contributed by atoms with van der Waals surface area (Å²) >= 11 is 0. The van der Waals surface area contributed by atoms with E-state index in [9.17, 15) is 13.2 Å². The SMILES string of the molecule is CCOC(=O)COc1cc(Nc2ncnc3c2c(CCCNC)cn3S(=O)(=O)c2ccccc2)ccc1OC.Cl.Cl. The van der Waals surface area contributed by atoms with Crippen molar-refractivity contribution in [3.63, 3.8) is 0 Å². The highest BCUT2D eigenvalue weighted by atomic mass is 35.5. The summed E-state index contributed by atoms with van der Waals surface area (Å²) in [6.07, 6.45) is 4.32. The number of carbonyl (C=O) groups excluding carboxylic acids is 1. The van der Waals surface area contributed by atoms with Crippen molar-refractivity contribution in [2.75, 3.05) is 39.2 Å². The van der Waals surface area contributed by atoms with Gasteiger partial charge in [0.05, 0.1) is 24.0 Å². The summed E-state index contributed by atoms with van der Waals surface area (Å²) in [7, 11) is -0.532. The quantitative estimate of drug-likeness (QED) is 0.163. The summed E-state index contributed by atoms with van der Waals surface area (Å²) in [5, 5.41) is 6.97. The van der Waals surface area contributed by atoms with Crippen LogP contribution in [0.15, 0.2) is 66.0 Å². The first-order valence-electron chi connectivity index (χ1n) is 12.4. The molecule has 0 atom stereocenters. The van der Waals surface area contributed by atoms with Crippen LogP contribution in [-0.4, -0.2) is 62.2 Å². The van der Waals surface area contributed by atoms with Gasteiger partial charge in [-0.05, 0) is 63.2 Å². The third-order valence-electron chi connectivity index (χ3n) is 5.88. The number of fused-ring (bicyclic) bond motifs is 1. The molecule has 2 aromatic carbocycles. The maximum absolute atomic E-state index is 13.6. The maximum Gasteiger partial charge on any atom is 0.344 e. The molecule has 0 fully saturated rings. The number of rotatable bonds is 13. The maximum atomic E-state index is 13.6. The highest BCUT2D eigenvalue weighted by Gasteiger charge is 2.24. The average molecular weight is 627 g/mol. The lowest BCUT2D eigenvalue weighted by Crippen LogP contribution is -2.15. The Morgan fingerprint density at radius 2 is 1.80 bits per heavy atom. The number of halogens is 2. The summed E-state index contributed by atoms with van der Waals surface area (Å²) < 4.78 is 44.2. The number of nitrogens with zero attached hydrogens (tertiary/aromatic N) is 3. The van der Waals surface area contributed by atoms with Gasteiger partial charge in [-0.15, -0.1) is 24.8 Å². The molecule has 14 heteroatoms. The van der Waals surface area contributed by atoms with E-state index >= 15 is 0 Å². The molecule has 2 heterocycles. The molecule has 2 aromatic heterocycles. The van der Waals surface area contributed by atoms with Crippen molar-refractivity contribution >= 4 is 63.3 Å². The molecular formula is C27H33Cl2N5O6S. The van der Waals surface area contributed by atoms with Crippen LogP contribution in [0.3, 0.4) is 0 Å².